The average Bonchev–Trinajstić information content (AvgIpc) is 2.74. The van der Waals surface area contributed by atoms with E-state index in [0.717, 1.165) is 22.4 Å². The molecule has 0 bridgehead atoms. The molecule has 168 valence electrons. The Morgan fingerprint density at radius 1 is 1.09 bits per heavy atom. The summed E-state index contributed by atoms with van der Waals surface area (Å²) in [5.41, 5.74) is -1.17. The van der Waals surface area contributed by atoms with Crippen LogP contribution >= 0.6 is 0 Å². The second-order valence-corrected chi connectivity index (χ2v) is 7.53. The van der Waals surface area contributed by atoms with Crippen LogP contribution in [0.15, 0.2) is 65.5 Å². The minimum absolute atomic E-state index is 0.168. The molecule has 0 radical (unpaired) electrons. The van der Waals surface area contributed by atoms with Gasteiger partial charge in [0.15, 0.2) is 5.69 Å². The molecule has 0 saturated heterocycles. The number of nitrogens with zero attached hydrogens (tertiary/aromatic N) is 3. The number of carbonyl (C=O) groups is 1. The minimum Gasteiger partial charge on any atom is -0.349 e. The summed E-state index contributed by atoms with van der Waals surface area (Å²) in [5.74, 6) is -0.754. The molecule has 9 heteroatoms. The zero-order valence-electron chi connectivity index (χ0n) is 17.8. The molecule has 1 amide bonds. The molecule has 1 heterocycles. The molecule has 6 nitrogen and oxygen atoms in total. The van der Waals surface area contributed by atoms with E-state index < -0.39 is 28.8 Å². The number of hydrogen-bond acceptors (Lipinski definition) is 4. The van der Waals surface area contributed by atoms with Crippen molar-refractivity contribution in [1.82, 2.24) is 20.0 Å². The van der Waals surface area contributed by atoms with Crippen molar-refractivity contribution in [3.05, 3.63) is 93.4 Å². The molecule has 0 saturated carbocycles. The molecular weight excluding hydrogens is 421 g/mol. The van der Waals surface area contributed by atoms with Gasteiger partial charge in [-0.05, 0) is 38.7 Å². The number of aryl methyl sites for hydroxylation is 1. The minimum atomic E-state index is -4.62. The van der Waals surface area contributed by atoms with Gasteiger partial charge in [-0.2, -0.15) is 18.3 Å². The van der Waals surface area contributed by atoms with E-state index in [4.69, 9.17) is 0 Å². The number of para-hydroxylation sites is 1. The predicted octanol–water partition coefficient (Wildman–Crippen LogP) is 3.59. The van der Waals surface area contributed by atoms with Crippen LogP contribution in [-0.2, 0) is 6.18 Å². The van der Waals surface area contributed by atoms with Crippen LogP contribution in [-0.4, -0.2) is 41.2 Å². The van der Waals surface area contributed by atoms with Gasteiger partial charge in [0.25, 0.3) is 5.91 Å². The number of carbonyl (C=O) groups excluding carboxylic acids is 1. The Bertz CT molecular complexity index is 1160. The van der Waals surface area contributed by atoms with Crippen molar-refractivity contribution in [3.63, 3.8) is 0 Å². The summed E-state index contributed by atoms with van der Waals surface area (Å²) in [5, 5.41) is 6.67. The third kappa shape index (κ3) is 5.05. The summed E-state index contributed by atoms with van der Waals surface area (Å²) in [4.78, 5) is 27.1. The smallest absolute Gasteiger partial charge is 0.349 e. The predicted molar refractivity (Wildman–Crippen MR) is 115 cm³/mol. The van der Waals surface area contributed by atoms with Crippen LogP contribution in [0.5, 0.6) is 0 Å². The standard InChI is InChI=1S/C23H23F3N4O2/c1-15-13-20(31)21(28-30(15)18-12-8-7-11-17(18)23(24,25)26)22(32)27-14-19(29(2)3)16-9-5-4-6-10-16/h4-13,19H,14H2,1-3H3,(H,27,32)/t19-/m0/s1. The Labute approximate surface area is 183 Å². The number of amides is 1. The number of alkyl halides is 3. The van der Waals surface area contributed by atoms with Crippen molar-refractivity contribution in [2.75, 3.05) is 20.6 Å². The van der Waals surface area contributed by atoms with Crippen molar-refractivity contribution in [1.29, 1.82) is 0 Å². The fourth-order valence-corrected chi connectivity index (χ4v) is 3.39. The summed E-state index contributed by atoms with van der Waals surface area (Å²) in [7, 11) is 3.71. The van der Waals surface area contributed by atoms with E-state index in [1.807, 2.05) is 49.3 Å². The fraction of sp³-hybridized carbons (Fsp3) is 0.261. The maximum atomic E-state index is 13.5. The van der Waals surface area contributed by atoms with Gasteiger partial charge >= 0.3 is 6.18 Å². The topological polar surface area (TPSA) is 67.2 Å². The number of nitrogens with one attached hydrogen (secondary N) is 1. The zero-order valence-corrected chi connectivity index (χ0v) is 17.8. The van der Waals surface area contributed by atoms with E-state index >= 15 is 0 Å². The Hall–Kier alpha value is -3.46. The SMILES string of the molecule is Cc1cc(=O)c(C(=O)NC[C@@H](c2ccccc2)N(C)C)nn1-c1ccccc1C(F)(F)F. The number of aromatic nitrogens is 2. The highest BCUT2D eigenvalue weighted by atomic mass is 19.4. The number of halogens is 3. The van der Waals surface area contributed by atoms with E-state index in [9.17, 15) is 22.8 Å². The van der Waals surface area contributed by atoms with Crippen molar-refractivity contribution < 1.29 is 18.0 Å². The molecule has 0 spiro atoms. The van der Waals surface area contributed by atoms with Gasteiger partial charge in [-0.25, -0.2) is 4.68 Å². The van der Waals surface area contributed by atoms with Gasteiger partial charge < -0.3 is 10.2 Å². The number of rotatable bonds is 6. The maximum Gasteiger partial charge on any atom is 0.418 e. The van der Waals surface area contributed by atoms with Crippen LogP contribution in [0.1, 0.15) is 33.4 Å². The van der Waals surface area contributed by atoms with Gasteiger partial charge in [0.1, 0.15) is 0 Å². The van der Waals surface area contributed by atoms with E-state index in [-0.39, 0.29) is 24.0 Å². The summed E-state index contributed by atoms with van der Waals surface area (Å²) >= 11 is 0. The molecule has 0 aliphatic rings. The van der Waals surface area contributed by atoms with Crippen LogP contribution in [0, 0.1) is 6.92 Å². The molecule has 1 atom stereocenters. The fourth-order valence-electron chi connectivity index (χ4n) is 3.39. The number of benzene rings is 2. The van der Waals surface area contributed by atoms with Crippen LogP contribution < -0.4 is 10.7 Å². The molecule has 0 aliphatic heterocycles. The second-order valence-electron chi connectivity index (χ2n) is 7.53. The first-order valence-electron chi connectivity index (χ1n) is 9.86. The summed E-state index contributed by atoms with van der Waals surface area (Å²) in [6.07, 6.45) is -4.62. The molecule has 1 aromatic heterocycles. The van der Waals surface area contributed by atoms with Crippen molar-refractivity contribution in [2.45, 2.75) is 19.1 Å². The second kappa shape index (κ2) is 9.35. The third-order valence-corrected chi connectivity index (χ3v) is 5.02. The van der Waals surface area contributed by atoms with E-state index in [1.54, 1.807) is 0 Å². The molecule has 0 unspecified atom stereocenters. The van der Waals surface area contributed by atoms with Crippen LogP contribution in [0.2, 0.25) is 0 Å². The van der Waals surface area contributed by atoms with E-state index in [0.29, 0.717) is 0 Å². The van der Waals surface area contributed by atoms with Crippen LogP contribution in [0.3, 0.4) is 0 Å². The molecule has 2 aromatic carbocycles. The third-order valence-electron chi connectivity index (χ3n) is 5.02. The van der Waals surface area contributed by atoms with Gasteiger partial charge in [-0.3, -0.25) is 9.59 Å². The van der Waals surface area contributed by atoms with Gasteiger partial charge in [0.05, 0.1) is 17.3 Å². The molecule has 3 rings (SSSR count). The monoisotopic (exact) mass is 444 g/mol. The van der Waals surface area contributed by atoms with Gasteiger partial charge in [0.2, 0.25) is 5.43 Å². The van der Waals surface area contributed by atoms with Crippen LogP contribution in [0.4, 0.5) is 13.2 Å². The molecule has 0 aliphatic carbocycles. The van der Waals surface area contributed by atoms with Crippen molar-refractivity contribution in [2.24, 2.45) is 0 Å². The number of likely N-dealkylation sites (N-methyl/N-ethyl adjacent to an activating group) is 1. The molecule has 1 N–H and O–H groups in total. The van der Waals surface area contributed by atoms with Gasteiger partial charge in [0, 0.05) is 18.3 Å². The summed E-state index contributed by atoms with van der Waals surface area (Å²) in [6.45, 7) is 1.64. The Balaban J connectivity index is 1.93. The normalized spacial score (nSPS) is 12.6. The quantitative estimate of drug-likeness (QED) is 0.631. The first kappa shape index (κ1) is 23.2. The highest BCUT2D eigenvalue weighted by Crippen LogP contribution is 2.33. The number of hydrogen-bond donors (Lipinski definition) is 1. The lowest BCUT2D eigenvalue weighted by Gasteiger charge is -2.25. The Morgan fingerprint density at radius 3 is 2.34 bits per heavy atom. The molecule has 3 aromatic rings. The maximum absolute atomic E-state index is 13.5. The highest BCUT2D eigenvalue weighted by Gasteiger charge is 2.34. The molecular formula is C23H23F3N4O2. The zero-order chi connectivity index (χ0) is 23.5. The van der Waals surface area contributed by atoms with Crippen molar-refractivity contribution >= 4 is 5.91 Å². The summed E-state index contributed by atoms with van der Waals surface area (Å²) < 4.78 is 41.4. The van der Waals surface area contributed by atoms with E-state index in [1.165, 1.54) is 25.1 Å². The van der Waals surface area contributed by atoms with Gasteiger partial charge in [-0.1, -0.05) is 42.5 Å². The lowest BCUT2D eigenvalue weighted by molar-refractivity contribution is -0.137. The largest absolute Gasteiger partial charge is 0.418 e. The highest BCUT2D eigenvalue weighted by molar-refractivity contribution is 5.92. The lowest BCUT2D eigenvalue weighted by atomic mass is 10.1. The Morgan fingerprint density at radius 2 is 1.72 bits per heavy atom. The molecule has 32 heavy (non-hydrogen) atoms. The van der Waals surface area contributed by atoms with Crippen LogP contribution in [0.25, 0.3) is 5.69 Å². The summed E-state index contributed by atoms with van der Waals surface area (Å²) in [6, 6.07) is 15.3. The lowest BCUT2D eigenvalue weighted by Crippen LogP contribution is -2.37. The van der Waals surface area contributed by atoms with E-state index in [2.05, 4.69) is 10.4 Å². The van der Waals surface area contributed by atoms with Crippen molar-refractivity contribution in [3.8, 4) is 5.69 Å². The Kier molecular flexibility index (Phi) is 6.78. The first-order valence-corrected chi connectivity index (χ1v) is 9.86. The molecule has 0 fully saturated rings. The van der Waals surface area contributed by atoms with Gasteiger partial charge in [-0.15, -0.1) is 0 Å². The average molecular weight is 444 g/mol. The first-order chi connectivity index (χ1) is 15.1.